The third-order valence-electron chi connectivity index (χ3n) is 8.32. The molecule has 3 heterocycles. The van der Waals surface area contributed by atoms with Gasteiger partial charge in [-0.1, -0.05) is 29.8 Å². The van der Waals surface area contributed by atoms with Crippen LogP contribution in [0.3, 0.4) is 0 Å². The van der Waals surface area contributed by atoms with Crippen LogP contribution in [0.1, 0.15) is 18.9 Å². The van der Waals surface area contributed by atoms with Crippen molar-refractivity contribution >= 4 is 40.3 Å². The van der Waals surface area contributed by atoms with Gasteiger partial charge in [0.25, 0.3) is 0 Å². The molecule has 39 heavy (non-hydrogen) atoms. The van der Waals surface area contributed by atoms with E-state index in [0.717, 1.165) is 50.3 Å². The second-order valence-corrected chi connectivity index (χ2v) is 11.0. The zero-order valence-electron chi connectivity index (χ0n) is 22.0. The maximum atomic E-state index is 12.2. The number of allylic oxidation sites excluding steroid dienone is 1. The fourth-order valence-corrected chi connectivity index (χ4v) is 6.48. The first kappa shape index (κ1) is 25.6. The molecule has 2 aromatic heterocycles. The summed E-state index contributed by atoms with van der Waals surface area (Å²) in [7, 11) is 1.64. The van der Waals surface area contributed by atoms with E-state index >= 15 is 0 Å². The number of halogens is 1. The summed E-state index contributed by atoms with van der Waals surface area (Å²) in [5.41, 5.74) is 9.54. The number of aromatic nitrogens is 3. The predicted molar refractivity (Wildman–Crippen MR) is 149 cm³/mol. The number of piperazine rings is 1. The number of pyridine rings is 1. The number of aromatic amines is 1. The van der Waals surface area contributed by atoms with Crippen LogP contribution in [-0.2, 0) is 16.1 Å². The zero-order valence-corrected chi connectivity index (χ0v) is 22.7. The number of methoxy groups -OCH3 is 1. The van der Waals surface area contributed by atoms with Gasteiger partial charge in [-0.05, 0) is 36.0 Å². The smallest absolute Gasteiger partial charge is 0.223 e. The Labute approximate surface area is 231 Å². The number of nitrogens with two attached hydrogens (primary N) is 1. The SMILES string of the molecule is COc1cc(CN2CCN(C(C)=O)CC2)ccc1-c1nc2ncc(Cl)c(NC3C4C=CC(C4)C3C(N)=O)c2[nH]1. The number of carbonyl (C=O) groups excluding carboxylic acids is 2. The predicted octanol–water partition coefficient (Wildman–Crippen LogP) is 3.04. The molecule has 204 valence electrons. The number of anilines is 1. The summed E-state index contributed by atoms with van der Waals surface area (Å²) in [5.74, 6) is 1.20. The Balaban J connectivity index is 1.26. The highest BCUT2D eigenvalue weighted by atomic mass is 35.5. The Bertz CT molecular complexity index is 1460. The first-order valence-corrected chi connectivity index (χ1v) is 13.6. The molecule has 10 nitrogen and oxygen atoms in total. The van der Waals surface area contributed by atoms with Gasteiger partial charge in [0.15, 0.2) is 5.65 Å². The second kappa shape index (κ2) is 10.2. The van der Waals surface area contributed by atoms with E-state index in [0.29, 0.717) is 33.4 Å². The van der Waals surface area contributed by atoms with Crippen molar-refractivity contribution in [2.45, 2.75) is 25.9 Å². The number of ether oxygens (including phenoxy) is 1. The average molecular weight is 550 g/mol. The lowest BCUT2D eigenvalue weighted by molar-refractivity contribution is -0.130. The molecule has 4 atom stereocenters. The normalized spacial score (nSPS) is 24.4. The molecule has 1 saturated carbocycles. The Morgan fingerprint density at radius 3 is 2.69 bits per heavy atom. The molecule has 2 fully saturated rings. The molecule has 11 heteroatoms. The number of nitrogens with zero attached hydrogens (tertiary/aromatic N) is 4. The lowest BCUT2D eigenvalue weighted by Crippen LogP contribution is -2.47. The first-order chi connectivity index (χ1) is 18.8. The van der Waals surface area contributed by atoms with E-state index in [9.17, 15) is 9.59 Å². The van der Waals surface area contributed by atoms with E-state index in [-0.39, 0.29) is 35.6 Å². The van der Waals surface area contributed by atoms with Gasteiger partial charge in [-0.25, -0.2) is 9.97 Å². The number of H-pyrrole nitrogens is 1. The van der Waals surface area contributed by atoms with Gasteiger partial charge in [-0.2, -0.15) is 0 Å². The van der Waals surface area contributed by atoms with Crippen molar-refractivity contribution in [3.63, 3.8) is 0 Å². The Hall–Kier alpha value is -3.63. The number of rotatable bonds is 7. The van der Waals surface area contributed by atoms with E-state index in [1.165, 1.54) is 0 Å². The maximum Gasteiger partial charge on any atom is 0.223 e. The summed E-state index contributed by atoms with van der Waals surface area (Å²) in [4.78, 5) is 40.7. The lowest BCUT2D eigenvalue weighted by atomic mass is 9.88. The molecule has 1 aromatic carbocycles. The van der Waals surface area contributed by atoms with Crippen LogP contribution in [0.2, 0.25) is 5.02 Å². The van der Waals surface area contributed by atoms with Crippen LogP contribution >= 0.6 is 11.6 Å². The summed E-state index contributed by atoms with van der Waals surface area (Å²) in [5, 5.41) is 3.96. The number of fused-ring (bicyclic) bond motifs is 3. The molecule has 0 radical (unpaired) electrons. The number of hydrogen-bond donors (Lipinski definition) is 3. The molecule has 1 saturated heterocycles. The molecule has 2 aliphatic carbocycles. The van der Waals surface area contributed by atoms with Crippen molar-refractivity contribution < 1.29 is 14.3 Å². The molecule has 4 unspecified atom stereocenters. The van der Waals surface area contributed by atoms with Gasteiger partial charge in [0.1, 0.15) is 17.1 Å². The van der Waals surface area contributed by atoms with Gasteiger partial charge >= 0.3 is 0 Å². The van der Waals surface area contributed by atoms with Gasteiger partial charge in [0, 0.05) is 45.7 Å². The monoisotopic (exact) mass is 549 g/mol. The van der Waals surface area contributed by atoms with Crippen LogP contribution in [-0.4, -0.2) is 75.9 Å². The van der Waals surface area contributed by atoms with Crippen molar-refractivity contribution in [3.05, 3.63) is 47.1 Å². The van der Waals surface area contributed by atoms with E-state index in [4.69, 9.17) is 27.1 Å². The molecule has 3 aromatic rings. The molecule has 3 aliphatic rings. The second-order valence-electron chi connectivity index (χ2n) is 10.6. The van der Waals surface area contributed by atoms with Crippen LogP contribution < -0.4 is 15.8 Å². The minimum atomic E-state index is -0.304. The third kappa shape index (κ3) is 4.72. The quantitative estimate of drug-likeness (QED) is 0.386. The van der Waals surface area contributed by atoms with Crippen molar-refractivity contribution in [1.29, 1.82) is 0 Å². The molecule has 1 aliphatic heterocycles. The maximum absolute atomic E-state index is 12.2. The summed E-state index contributed by atoms with van der Waals surface area (Å²) in [6, 6.07) is 5.95. The van der Waals surface area contributed by atoms with Crippen LogP contribution in [0.5, 0.6) is 5.75 Å². The largest absolute Gasteiger partial charge is 0.496 e. The van der Waals surface area contributed by atoms with Gasteiger partial charge < -0.3 is 25.7 Å². The van der Waals surface area contributed by atoms with Crippen molar-refractivity contribution in [2.75, 3.05) is 38.6 Å². The van der Waals surface area contributed by atoms with E-state index in [2.05, 4.69) is 38.4 Å². The summed E-state index contributed by atoms with van der Waals surface area (Å²) < 4.78 is 5.76. The number of benzene rings is 1. The van der Waals surface area contributed by atoms with Gasteiger partial charge in [0.2, 0.25) is 11.8 Å². The number of imidazole rings is 1. The molecular formula is C28H32ClN7O3. The minimum Gasteiger partial charge on any atom is -0.496 e. The fourth-order valence-electron chi connectivity index (χ4n) is 6.28. The molecule has 4 N–H and O–H groups in total. The molecule has 6 rings (SSSR count). The molecule has 2 bridgehead atoms. The number of hydrogen-bond acceptors (Lipinski definition) is 7. The Kier molecular flexibility index (Phi) is 6.68. The molecule has 2 amide bonds. The molecule has 0 spiro atoms. The Morgan fingerprint density at radius 1 is 1.21 bits per heavy atom. The minimum absolute atomic E-state index is 0.126. The van der Waals surface area contributed by atoms with Gasteiger partial charge in [-0.15, -0.1) is 0 Å². The van der Waals surface area contributed by atoms with Gasteiger partial charge in [0.05, 0.1) is 35.5 Å². The fraction of sp³-hybridized carbons (Fsp3) is 0.429. The number of primary amides is 1. The summed E-state index contributed by atoms with van der Waals surface area (Å²) in [6.07, 6.45) is 6.73. The van der Waals surface area contributed by atoms with E-state index < -0.39 is 0 Å². The van der Waals surface area contributed by atoms with Crippen molar-refractivity contribution in [3.8, 4) is 17.1 Å². The highest BCUT2D eigenvalue weighted by Crippen LogP contribution is 2.46. The van der Waals surface area contributed by atoms with Crippen LogP contribution in [0.4, 0.5) is 5.69 Å². The standard InChI is InChI=1S/C28H32ClN7O3/c1-15(37)36-9-7-35(8-10-36)14-16-3-6-19(21(11-16)39-2)27-33-25-24(20(29)13-31-28(25)34-27)32-23-18-5-4-17(12-18)22(23)26(30)38/h3-6,11,13,17-18,22-23H,7-10,12,14H2,1-2H3,(H2,30,38)(H2,31,32,33,34). The highest BCUT2D eigenvalue weighted by Gasteiger charge is 2.47. The lowest BCUT2D eigenvalue weighted by Gasteiger charge is -2.34. The van der Waals surface area contributed by atoms with Crippen LogP contribution in [0, 0.1) is 17.8 Å². The number of carbonyl (C=O) groups is 2. The number of amides is 2. The zero-order chi connectivity index (χ0) is 27.3. The topological polar surface area (TPSA) is 129 Å². The Morgan fingerprint density at radius 2 is 1.97 bits per heavy atom. The van der Waals surface area contributed by atoms with Crippen molar-refractivity contribution in [1.82, 2.24) is 24.8 Å². The summed E-state index contributed by atoms with van der Waals surface area (Å²) in [6.45, 7) is 5.55. The summed E-state index contributed by atoms with van der Waals surface area (Å²) >= 11 is 6.61. The molecular weight excluding hydrogens is 518 g/mol. The van der Waals surface area contributed by atoms with Crippen molar-refractivity contribution in [2.24, 2.45) is 23.5 Å². The van der Waals surface area contributed by atoms with E-state index in [1.54, 1.807) is 20.2 Å². The van der Waals surface area contributed by atoms with Crippen LogP contribution in [0.25, 0.3) is 22.6 Å². The highest BCUT2D eigenvalue weighted by molar-refractivity contribution is 6.34. The van der Waals surface area contributed by atoms with Crippen LogP contribution in [0.15, 0.2) is 36.5 Å². The first-order valence-electron chi connectivity index (χ1n) is 13.3. The number of nitrogens with one attached hydrogen (secondary N) is 2. The van der Waals surface area contributed by atoms with E-state index in [1.807, 2.05) is 17.0 Å². The third-order valence-corrected chi connectivity index (χ3v) is 8.60. The average Bonchev–Trinajstić information content (AvgIpc) is 3.65. The van der Waals surface area contributed by atoms with Gasteiger partial charge in [-0.3, -0.25) is 14.5 Å².